The molecular formula is C12H21ClN2. The molecule has 0 aromatic carbocycles. The Morgan fingerprint density at radius 1 is 1.27 bits per heavy atom. The van der Waals surface area contributed by atoms with Crippen LogP contribution in [0.2, 0.25) is 0 Å². The fourth-order valence-electron chi connectivity index (χ4n) is 2.24. The third kappa shape index (κ3) is 2.36. The number of alkyl halides is 1. The number of nitrogens with zero attached hydrogens (tertiary/aromatic N) is 2. The highest BCUT2D eigenvalue weighted by molar-refractivity contribution is 6.20. The molecule has 1 unspecified atom stereocenters. The summed E-state index contributed by atoms with van der Waals surface area (Å²) in [6.45, 7) is 10.6. The van der Waals surface area contributed by atoms with Gasteiger partial charge in [0.05, 0.1) is 17.1 Å². The van der Waals surface area contributed by atoms with E-state index >= 15 is 0 Å². The SMILES string of the molecule is CCC(CC)n1nc(C)c(C(C)Cl)c1C. The van der Waals surface area contributed by atoms with Gasteiger partial charge in [0, 0.05) is 11.3 Å². The van der Waals surface area contributed by atoms with Crippen molar-refractivity contribution in [2.45, 2.75) is 58.9 Å². The fourth-order valence-corrected chi connectivity index (χ4v) is 2.56. The topological polar surface area (TPSA) is 17.8 Å². The Hall–Kier alpha value is -0.500. The van der Waals surface area contributed by atoms with Crippen molar-refractivity contribution in [3.8, 4) is 0 Å². The van der Waals surface area contributed by atoms with Crippen LogP contribution in [0, 0.1) is 13.8 Å². The van der Waals surface area contributed by atoms with Crippen LogP contribution in [0.1, 0.15) is 62.0 Å². The molecule has 0 bridgehead atoms. The van der Waals surface area contributed by atoms with Crippen LogP contribution in [0.3, 0.4) is 0 Å². The van der Waals surface area contributed by atoms with Crippen LogP contribution in [0.4, 0.5) is 0 Å². The molecule has 0 saturated carbocycles. The predicted octanol–water partition coefficient (Wildman–Crippen LogP) is 4.16. The summed E-state index contributed by atoms with van der Waals surface area (Å²) in [5.74, 6) is 0. The van der Waals surface area contributed by atoms with Crippen molar-refractivity contribution >= 4 is 11.6 Å². The minimum absolute atomic E-state index is 0.0492. The number of halogens is 1. The second-order valence-corrected chi connectivity index (χ2v) is 4.77. The van der Waals surface area contributed by atoms with E-state index in [1.165, 1.54) is 11.3 Å². The van der Waals surface area contributed by atoms with E-state index in [9.17, 15) is 0 Å². The van der Waals surface area contributed by atoms with Crippen LogP contribution in [-0.4, -0.2) is 9.78 Å². The largest absolute Gasteiger partial charge is 0.266 e. The van der Waals surface area contributed by atoms with Gasteiger partial charge in [0.2, 0.25) is 0 Å². The van der Waals surface area contributed by atoms with Crippen molar-refractivity contribution in [2.75, 3.05) is 0 Å². The van der Waals surface area contributed by atoms with E-state index in [1.807, 2.05) is 13.8 Å². The van der Waals surface area contributed by atoms with Crippen molar-refractivity contribution in [1.82, 2.24) is 9.78 Å². The minimum atomic E-state index is 0.0492. The molecule has 0 aliphatic rings. The van der Waals surface area contributed by atoms with E-state index in [-0.39, 0.29) is 5.38 Å². The van der Waals surface area contributed by atoms with Gasteiger partial charge in [-0.3, -0.25) is 4.68 Å². The van der Waals surface area contributed by atoms with E-state index in [2.05, 4.69) is 30.6 Å². The Balaban J connectivity index is 3.16. The molecule has 0 amide bonds. The van der Waals surface area contributed by atoms with Gasteiger partial charge in [-0.15, -0.1) is 11.6 Å². The average molecular weight is 229 g/mol. The molecule has 0 saturated heterocycles. The van der Waals surface area contributed by atoms with Gasteiger partial charge in [0.1, 0.15) is 0 Å². The standard InChI is InChI=1S/C12H21ClN2/c1-6-11(7-2)15-10(5)12(8(3)13)9(4)14-15/h8,11H,6-7H2,1-5H3. The van der Waals surface area contributed by atoms with Gasteiger partial charge in [-0.25, -0.2) is 0 Å². The average Bonchev–Trinajstić information content (AvgIpc) is 2.44. The smallest absolute Gasteiger partial charge is 0.0643 e. The Morgan fingerprint density at radius 3 is 2.13 bits per heavy atom. The summed E-state index contributed by atoms with van der Waals surface area (Å²) < 4.78 is 2.14. The number of aryl methyl sites for hydroxylation is 1. The molecule has 0 aliphatic carbocycles. The maximum atomic E-state index is 6.16. The third-order valence-corrected chi connectivity index (χ3v) is 3.29. The van der Waals surface area contributed by atoms with Gasteiger partial charge in [-0.2, -0.15) is 5.10 Å². The first-order valence-corrected chi connectivity index (χ1v) is 6.16. The Kier molecular flexibility index (Phi) is 4.21. The first kappa shape index (κ1) is 12.6. The first-order valence-electron chi connectivity index (χ1n) is 5.72. The third-order valence-electron chi connectivity index (χ3n) is 3.07. The predicted molar refractivity (Wildman–Crippen MR) is 65.6 cm³/mol. The summed E-state index contributed by atoms with van der Waals surface area (Å²) in [5, 5.41) is 4.65. The van der Waals surface area contributed by atoms with Crippen molar-refractivity contribution in [1.29, 1.82) is 0 Å². The van der Waals surface area contributed by atoms with Crippen molar-refractivity contribution in [2.24, 2.45) is 0 Å². The van der Waals surface area contributed by atoms with Crippen molar-refractivity contribution < 1.29 is 0 Å². The van der Waals surface area contributed by atoms with Crippen LogP contribution in [0.25, 0.3) is 0 Å². The van der Waals surface area contributed by atoms with Gasteiger partial charge in [-0.05, 0) is 33.6 Å². The Labute approximate surface area is 97.6 Å². The van der Waals surface area contributed by atoms with E-state index < -0.39 is 0 Å². The summed E-state index contributed by atoms with van der Waals surface area (Å²) >= 11 is 6.16. The molecule has 3 heteroatoms. The minimum Gasteiger partial charge on any atom is -0.266 e. The molecule has 0 spiro atoms. The molecule has 1 heterocycles. The highest BCUT2D eigenvalue weighted by atomic mass is 35.5. The molecule has 1 rings (SSSR count). The molecule has 0 N–H and O–H groups in total. The summed E-state index contributed by atoms with van der Waals surface area (Å²) in [6.07, 6.45) is 2.24. The van der Waals surface area contributed by atoms with Crippen molar-refractivity contribution in [3.05, 3.63) is 17.0 Å². The van der Waals surface area contributed by atoms with E-state index in [1.54, 1.807) is 0 Å². The lowest BCUT2D eigenvalue weighted by Crippen LogP contribution is -2.10. The Bertz CT molecular complexity index is 325. The summed E-state index contributed by atoms with van der Waals surface area (Å²) in [7, 11) is 0. The highest BCUT2D eigenvalue weighted by Crippen LogP contribution is 2.29. The van der Waals surface area contributed by atoms with Gasteiger partial charge in [0.15, 0.2) is 0 Å². The van der Waals surface area contributed by atoms with Gasteiger partial charge in [-0.1, -0.05) is 13.8 Å². The monoisotopic (exact) mass is 228 g/mol. The van der Waals surface area contributed by atoms with Crippen LogP contribution < -0.4 is 0 Å². The molecule has 15 heavy (non-hydrogen) atoms. The zero-order chi connectivity index (χ0) is 11.6. The zero-order valence-electron chi connectivity index (χ0n) is 10.3. The molecule has 2 nitrogen and oxygen atoms in total. The lowest BCUT2D eigenvalue weighted by Gasteiger charge is -2.15. The summed E-state index contributed by atoms with van der Waals surface area (Å²) in [6, 6.07) is 0.507. The normalized spacial score (nSPS) is 13.5. The molecule has 1 atom stereocenters. The lowest BCUT2D eigenvalue weighted by molar-refractivity contribution is 0.418. The second-order valence-electron chi connectivity index (χ2n) is 4.12. The van der Waals surface area contributed by atoms with Gasteiger partial charge < -0.3 is 0 Å². The fraction of sp³-hybridized carbons (Fsp3) is 0.750. The number of rotatable bonds is 4. The number of hydrogen-bond donors (Lipinski definition) is 0. The van der Waals surface area contributed by atoms with Gasteiger partial charge in [0.25, 0.3) is 0 Å². The number of hydrogen-bond acceptors (Lipinski definition) is 1. The highest BCUT2D eigenvalue weighted by Gasteiger charge is 2.18. The first-order chi connectivity index (χ1) is 7.02. The van der Waals surface area contributed by atoms with E-state index in [4.69, 9.17) is 11.6 Å². The molecule has 0 radical (unpaired) electrons. The van der Waals surface area contributed by atoms with Crippen LogP contribution in [0.5, 0.6) is 0 Å². The zero-order valence-corrected chi connectivity index (χ0v) is 11.1. The maximum Gasteiger partial charge on any atom is 0.0643 e. The van der Waals surface area contributed by atoms with Crippen LogP contribution >= 0.6 is 11.6 Å². The molecule has 0 aliphatic heterocycles. The second kappa shape index (κ2) is 5.02. The van der Waals surface area contributed by atoms with Crippen LogP contribution in [0.15, 0.2) is 0 Å². The molecule has 0 fully saturated rings. The van der Waals surface area contributed by atoms with Crippen molar-refractivity contribution in [3.63, 3.8) is 0 Å². The quantitative estimate of drug-likeness (QED) is 0.708. The molecule has 1 aromatic rings. The molecular weight excluding hydrogens is 208 g/mol. The van der Waals surface area contributed by atoms with Crippen LogP contribution in [-0.2, 0) is 0 Å². The van der Waals surface area contributed by atoms with E-state index in [0.717, 1.165) is 18.5 Å². The summed E-state index contributed by atoms with van der Waals surface area (Å²) in [5.41, 5.74) is 3.49. The number of aromatic nitrogens is 2. The lowest BCUT2D eigenvalue weighted by atomic mass is 10.1. The molecule has 86 valence electrons. The maximum absolute atomic E-state index is 6.16. The molecule has 1 aromatic heterocycles. The van der Waals surface area contributed by atoms with Gasteiger partial charge >= 0.3 is 0 Å². The Morgan fingerprint density at radius 2 is 1.80 bits per heavy atom. The summed E-state index contributed by atoms with van der Waals surface area (Å²) in [4.78, 5) is 0. The van der Waals surface area contributed by atoms with E-state index in [0.29, 0.717) is 6.04 Å².